The number of aromatic nitrogens is 5. The van der Waals surface area contributed by atoms with Crippen molar-refractivity contribution in [3.8, 4) is 56.5 Å². The van der Waals surface area contributed by atoms with Crippen LogP contribution in [0.3, 0.4) is 0 Å². The van der Waals surface area contributed by atoms with E-state index >= 15 is 0 Å². The molecule has 43 heavy (non-hydrogen) atoms. The Balaban J connectivity index is 1.37. The van der Waals surface area contributed by atoms with Gasteiger partial charge in [0.15, 0.2) is 17.5 Å². The Morgan fingerprint density at radius 3 is 1.47 bits per heavy atom. The fourth-order valence-electron chi connectivity index (χ4n) is 5.62. The predicted octanol–water partition coefficient (Wildman–Crippen LogP) is 9.01. The maximum Gasteiger partial charge on any atom is 0.164 e. The highest BCUT2D eigenvalue weighted by molar-refractivity contribution is 6.06. The Morgan fingerprint density at radius 2 is 0.907 bits per heavy atom. The molecule has 0 radical (unpaired) electrons. The van der Waals surface area contributed by atoms with Gasteiger partial charge in [0, 0.05) is 33.2 Å². The quantitative estimate of drug-likeness (QED) is 0.214. The van der Waals surface area contributed by atoms with E-state index in [1.807, 2.05) is 79.0 Å². The van der Waals surface area contributed by atoms with Crippen molar-refractivity contribution >= 4 is 16.3 Å². The largest absolute Gasteiger partial charge is 0.232 e. The monoisotopic (exact) mass is 551 g/mol. The highest BCUT2D eigenvalue weighted by atomic mass is 15.2. The smallest absolute Gasteiger partial charge is 0.164 e. The molecule has 5 aromatic carbocycles. The molecule has 8 aromatic rings. The van der Waals surface area contributed by atoms with Crippen molar-refractivity contribution < 1.29 is 0 Å². The van der Waals surface area contributed by atoms with Gasteiger partial charge in [0.1, 0.15) is 0 Å². The SMILES string of the molecule is c1ccc(-c2nc(-c3ccccc3)nc(-c3ccc4c(c3)cc(-c3ccccc3)n3ncc(-c5ccccc5)c43)n2)cc1. The van der Waals surface area contributed by atoms with Crippen molar-refractivity contribution in [2.75, 3.05) is 0 Å². The third-order valence-electron chi connectivity index (χ3n) is 7.71. The molecule has 3 heterocycles. The van der Waals surface area contributed by atoms with Crippen LogP contribution in [-0.2, 0) is 0 Å². The molecular formula is C38H25N5. The second-order valence-corrected chi connectivity index (χ2v) is 10.4. The zero-order valence-corrected chi connectivity index (χ0v) is 23.2. The number of hydrogen-bond donors (Lipinski definition) is 0. The molecule has 5 heteroatoms. The van der Waals surface area contributed by atoms with Crippen molar-refractivity contribution in [1.82, 2.24) is 24.6 Å². The summed E-state index contributed by atoms with van der Waals surface area (Å²) >= 11 is 0. The van der Waals surface area contributed by atoms with E-state index in [4.69, 9.17) is 20.1 Å². The van der Waals surface area contributed by atoms with Crippen LogP contribution in [0.1, 0.15) is 0 Å². The van der Waals surface area contributed by atoms with E-state index in [1.54, 1.807) is 0 Å². The van der Waals surface area contributed by atoms with Gasteiger partial charge >= 0.3 is 0 Å². The van der Waals surface area contributed by atoms with E-state index in [0.29, 0.717) is 17.5 Å². The minimum Gasteiger partial charge on any atom is -0.232 e. The lowest BCUT2D eigenvalue weighted by atomic mass is 9.99. The van der Waals surface area contributed by atoms with Gasteiger partial charge in [-0.1, -0.05) is 133 Å². The maximum absolute atomic E-state index is 4.96. The zero-order valence-electron chi connectivity index (χ0n) is 23.2. The lowest BCUT2D eigenvalue weighted by Crippen LogP contribution is -2.00. The molecule has 0 fully saturated rings. The fourth-order valence-corrected chi connectivity index (χ4v) is 5.62. The summed E-state index contributed by atoms with van der Waals surface area (Å²) in [7, 11) is 0. The van der Waals surface area contributed by atoms with E-state index < -0.39 is 0 Å². The van der Waals surface area contributed by atoms with E-state index in [1.165, 1.54) is 0 Å². The van der Waals surface area contributed by atoms with Crippen molar-refractivity contribution in [1.29, 1.82) is 0 Å². The van der Waals surface area contributed by atoms with Crippen LogP contribution >= 0.6 is 0 Å². The second kappa shape index (κ2) is 10.5. The summed E-state index contributed by atoms with van der Waals surface area (Å²) in [4.78, 5) is 14.8. The van der Waals surface area contributed by atoms with Gasteiger partial charge in [0.2, 0.25) is 0 Å². The summed E-state index contributed by atoms with van der Waals surface area (Å²) in [6.45, 7) is 0. The van der Waals surface area contributed by atoms with Gasteiger partial charge in [0.05, 0.1) is 17.4 Å². The number of benzene rings is 5. The summed E-state index contributed by atoms with van der Waals surface area (Å²) in [6.07, 6.45) is 1.97. The molecule has 0 saturated carbocycles. The summed E-state index contributed by atoms with van der Waals surface area (Å²) in [6, 6.07) is 49.6. The second-order valence-electron chi connectivity index (χ2n) is 10.4. The van der Waals surface area contributed by atoms with Crippen molar-refractivity contribution in [3.63, 3.8) is 0 Å². The molecule has 0 saturated heterocycles. The summed E-state index contributed by atoms with van der Waals surface area (Å²) < 4.78 is 2.06. The first kappa shape index (κ1) is 24.8. The number of hydrogen-bond acceptors (Lipinski definition) is 4. The van der Waals surface area contributed by atoms with Crippen molar-refractivity contribution in [2.45, 2.75) is 0 Å². The maximum atomic E-state index is 4.96. The lowest BCUT2D eigenvalue weighted by molar-refractivity contribution is 0.975. The van der Waals surface area contributed by atoms with Gasteiger partial charge < -0.3 is 0 Å². The third-order valence-corrected chi connectivity index (χ3v) is 7.71. The van der Waals surface area contributed by atoms with Gasteiger partial charge in [-0.15, -0.1) is 0 Å². The first-order valence-electron chi connectivity index (χ1n) is 14.2. The van der Waals surface area contributed by atoms with Crippen LogP contribution in [0.25, 0.3) is 72.8 Å². The molecule has 8 rings (SSSR count). The Morgan fingerprint density at radius 1 is 0.419 bits per heavy atom. The first-order chi connectivity index (χ1) is 21.3. The zero-order chi connectivity index (χ0) is 28.6. The molecular weight excluding hydrogens is 526 g/mol. The number of nitrogens with zero attached hydrogens (tertiary/aromatic N) is 5. The molecule has 3 aromatic heterocycles. The van der Waals surface area contributed by atoms with Crippen LogP contribution < -0.4 is 0 Å². The van der Waals surface area contributed by atoms with E-state index in [9.17, 15) is 0 Å². The van der Waals surface area contributed by atoms with Gasteiger partial charge in [-0.2, -0.15) is 5.10 Å². The highest BCUT2D eigenvalue weighted by Crippen LogP contribution is 2.36. The van der Waals surface area contributed by atoms with Gasteiger partial charge in [-0.3, -0.25) is 0 Å². The lowest BCUT2D eigenvalue weighted by Gasteiger charge is -2.12. The Kier molecular flexibility index (Phi) is 6.05. The molecule has 0 unspecified atom stereocenters. The molecule has 0 aliphatic carbocycles. The number of pyridine rings is 1. The molecule has 0 N–H and O–H groups in total. The molecule has 0 spiro atoms. The topological polar surface area (TPSA) is 56.0 Å². The number of fused-ring (bicyclic) bond motifs is 3. The molecule has 0 atom stereocenters. The Hall–Kier alpha value is -5.94. The number of rotatable bonds is 5. The first-order valence-corrected chi connectivity index (χ1v) is 14.2. The Bertz CT molecular complexity index is 2150. The average molecular weight is 552 g/mol. The van der Waals surface area contributed by atoms with Crippen LogP contribution in [-0.4, -0.2) is 24.6 Å². The van der Waals surface area contributed by atoms with Gasteiger partial charge in [0.25, 0.3) is 0 Å². The molecule has 0 amide bonds. The molecule has 0 bridgehead atoms. The van der Waals surface area contributed by atoms with Crippen LogP contribution in [0.4, 0.5) is 0 Å². The summed E-state index contributed by atoms with van der Waals surface area (Å²) in [5.74, 6) is 1.92. The van der Waals surface area contributed by atoms with Crippen LogP contribution in [0.5, 0.6) is 0 Å². The van der Waals surface area contributed by atoms with Crippen LogP contribution in [0.2, 0.25) is 0 Å². The predicted molar refractivity (Wildman–Crippen MR) is 173 cm³/mol. The average Bonchev–Trinajstić information content (AvgIpc) is 3.55. The van der Waals surface area contributed by atoms with E-state index in [2.05, 4.69) is 77.3 Å². The fraction of sp³-hybridized carbons (Fsp3) is 0. The highest BCUT2D eigenvalue weighted by Gasteiger charge is 2.17. The third kappa shape index (κ3) is 4.53. The standard InChI is InChI=1S/C38H25N5/c1-5-13-26(14-6-1)33-25-39-43-34(27-15-7-2-8-16-27)24-31-23-30(21-22-32(31)35(33)43)38-41-36(28-17-9-3-10-18-28)40-37(42-38)29-19-11-4-12-20-29/h1-25H. The van der Waals surface area contributed by atoms with Crippen molar-refractivity contribution in [3.05, 3.63) is 152 Å². The van der Waals surface area contributed by atoms with Crippen molar-refractivity contribution in [2.24, 2.45) is 0 Å². The molecule has 5 nitrogen and oxygen atoms in total. The van der Waals surface area contributed by atoms with Crippen LogP contribution in [0, 0.1) is 0 Å². The van der Waals surface area contributed by atoms with E-state index in [0.717, 1.165) is 55.4 Å². The summed E-state index contributed by atoms with van der Waals surface area (Å²) in [5, 5.41) is 7.08. The molecule has 0 aliphatic heterocycles. The van der Waals surface area contributed by atoms with Gasteiger partial charge in [-0.05, 0) is 23.1 Å². The van der Waals surface area contributed by atoms with Gasteiger partial charge in [-0.25, -0.2) is 19.5 Å². The molecule has 202 valence electrons. The minimum absolute atomic E-state index is 0.632. The normalized spacial score (nSPS) is 11.3. The minimum atomic E-state index is 0.632. The Labute approximate surface area is 248 Å². The van der Waals surface area contributed by atoms with E-state index in [-0.39, 0.29) is 0 Å². The van der Waals surface area contributed by atoms with Crippen LogP contribution in [0.15, 0.2) is 152 Å². The molecule has 0 aliphatic rings. The summed E-state index contributed by atoms with van der Waals surface area (Å²) in [5.41, 5.74) is 8.23.